The van der Waals surface area contributed by atoms with E-state index in [4.69, 9.17) is 0 Å². The number of benzene rings is 1. The molecule has 1 fully saturated rings. The lowest BCUT2D eigenvalue weighted by Crippen LogP contribution is -2.17. The van der Waals surface area contributed by atoms with Crippen LogP contribution < -0.4 is 4.72 Å². The quantitative estimate of drug-likeness (QED) is 0.654. The first kappa shape index (κ1) is 17.0. The van der Waals surface area contributed by atoms with Gasteiger partial charge in [-0.3, -0.25) is 4.72 Å². The predicted octanol–water partition coefficient (Wildman–Crippen LogP) is 3.06. The molecule has 4 rings (SSSR count). The van der Waals surface area contributed by atoms with Crippen molar-refractivity contribution < 1.29 is 8.42 Å². The van der Waals surface area contributed by atoms with Crippen LogP contribution >= 0.6 is 11.8 Å². The summed E-state index contributed by atoms with van der Waals surface area (Å²) in [6.07, 6.45) is 7.17. The summed E-state index contributed by atoms with van der Waals surface area (Å²) in [5.74, 6) is 1.05. The van der Waals surface area contributed by atoms with Gasteiger partial charge in [0, 0.05) is 29.3 Å². The fourth-order valence-corrected chi connectivity index (χ4v) is 4.82. The second-order valence-electron chi connectivity index (χ2n) is 5.95. The number of hydrogen-bond acceptors (Lipinski definition) is 6. The maximum absolute atomic E-state index is 13.0. The van der Waals surface area contributed by atoms with Crippen LogP contribution in [-0.2, 0) is 10.0 Å². The van der Waals surface area contributed by atoms with Gasteiger partial charge in [-0.05, 0) is 37.3 Å². The van der Waals surface area contributed by atoms with E-state index in [1.54, 1.807) is 42.7 Å². The van der Waals surface area contributed by atoms with E-state index in [0.29, 0.717) is 22.6 Å². The molecule has 0 atom stereocenters. The minimum absolute atomic E-state index is 0.238. The predicted molar refractivity (Wildman–Crippen MR) is 100 cm³/mol. The summed E-state index contributed by atoms with van der Waals surface area (Å²) in [7, 11) is -3.77. The van der Waals surface area contributed by atoms with Gasteiger partial charge in [-0.25, -0.2) is 18.4 Å². The minimum Gasteiger partial charge on any atom is -0.263 e. The Morgan fingerprint density at radius 2 is 1.88 bits per heavy atom. The Morgan fingerprint density at radius 1 is 1.15 bits per heavy atom. The van der Waals surface area contributed by atoms with E-state index in [2.05, 4.69) is 19.8 Å². The summed E-state index contributed by atoms with van der Waals surface area (Å²) in [6, 6.07) is 10.4. The molecule has 0 bridgehead atoms. The van der Waals surface area contributed by atoms with Crippen molar-refractivity contribution in [2.75, 3.05) is 11.0 Å². The Labute approximate surface area is 155 Å². The molecule has 0 saturated heterocycles. The van der Waals surface area contributed by atoms with E-state index in [0.717, 1.165) is 18.5 Å². The average molecular weight is 387 g/mol. The van der Waals surface area contributed by atoms with Gasteiger partial charge < -0.3 is 0 Å². The number of hydrogen-bond donors (Lipinski definition) is 1. The minimum atomic E-state index is -3.77. The molecule has 7 nitrogen and oxygen atoms in total. The zero-order valence-electron chi connectivity index (χ0n) is 14.0. The van der Waals surface area contributed by atoms with Crippen molar-refractivity contribution in [2.24, 2.45) is 0 Å². The third-order valence-electron chi connectivity index (χ3n) is 4.06. The highest BCUT2D eigenvalue weighted by molar-refractivity contribution is 7.99. The van der Waals surface area contributed by atoms with E-state index >= 15 is 0 Å². The number of aromatic nitrogens is 4. The third kappa shape index (κ3) is 3.32. The van der Waals surface area contributed by atoms with Crippen molar-refractivity contribution in [1.82, 2.24) is 19.7 Å². The fourth-order valence-electron chi connectivity index (χ4n) is 2.64. The molecule has 1 aliphatic carbocycles. The molecule has 0 spiro atoms. The largest absolute Gasteiger partial charge is 0.264 e. The zero-order valence-corrected chi connectivity index (χ0v) is 15.7. The van der Waals surface area contributed by atoms with Gasteiger partial charge in [0.1, 0.15) is 10.7 Å². The highest BCUT2D eigenvalue weighted by atomic mass is 32.2. The van der Waals surface area contributed by atoms with Gasteiger partial charge in [-0.2, -0.15) is 9.78 Å². The molecule has 9 heteroatoms. The number of sulfonamides is 1. The number of nitrogens with zero attached hydrogens (tertiary/aromatic N) is 4. The lowest BCUT2D eigenvalue weighted by Gasteiger charge is -2.11. The van der Waals surface area contributed by atoms with Crippen LogP contribution in [0.3, 0.4) is 0 Å². The molecule has 26 heavy (non-hydrogen) atoms. The van der Waals surface area contributed by atoms with Gasteiger partial charge in [0.15, 0.2) is 0 Å². The van der Waals surface area contributed by atoms with Crippen LogP contribution in [0, 0.1) is 0 Å². The zero-order chi connectivity index (χ0) is 18.1. The Morgan fingerprint density at radius 3 is 2.58 bits per heavy atom. The van der Waals surface area contributed by atoms with Crippen molar-refractivity contribution >= 4 is 27.6 Å². The molecule has 0 radical (unpaired) electrons. The summed E-state index contributed by atoms with van der Waals surface area (Å²) in [6.45, 7) is 0. The highest BCUT2D eigenvalue weighted by Gasteiger charge is 2.29. The van der Waals surface area contributed by atoms with Crippen molar-refractivity contribution in [1.29, 1.82) is 0 Å². The fraction of sp³-hybridized carbons (Fsp3) is 0.235. The molecule has 0 aliphatic heterocycles. The SMILES string of the molecule is CSc1ccccc1S(=O)(=O)Nc1cc(C2CC2)nn1-c1ncccn1. The first-order chi connectivity index (χ1) is 12.6. The summed E-state index contributed by atoms with van der Waals surface area (Å²) >= 11 is 1.39. The number of nitrogens with one attached hydrogen (secondary N) is 1. The van der Waals surface area contributed by atoms with E-state index < -0.39 is 10.0 Å². The molecule has 0 amide bonds. The second-order valence-corrected chi connectivity index (χ2v) is 8.44. The molecule has 0 unspecified atom stereocenters. The Kier molecular flexibility index (Phi) is 4.41. The van der Waals surface area contributed by atoms with Crippen LogP contribution in [0.4, 0.5) is 5.82 Å². The lowest BCUT2D eigenvalue weighted by molar-refractivity contribution is 0.598. The average Bonchev–Trinajstić information content (AvgIpc) is 3.43. The van der Waals surface area contributed by atoms with E-state index in [9.17, 15) is 8.42 Å². The molecular formula is C17H17N5O2S2. The van der Waals surface area contributed by atoms with Crippen LogP contribution in [0.15, 0.2) is 58.6 Å². The molecule has 3 aromatic rings. The number of anilines is 1. The Bertz CT molecular complexity index is 1030. The molecular weight excluding hydrogens is 370 g/mol. The first-order valence-corrected chi connectivity index (χ1v) is 10.8. The van der Waals surface area contributed by atoms with Crippen LogP contribution in [0.2, 0.25) is 0 Å². The maximum Gasteiger partial charge on any atom is 0.264 e. The summed E-state index contributed by atoms with van der Waals surface area (Å²) in [4.78, 5) is 9.30. The van der Waals surface area contributed by atoms with Crippen molar-refractivity contribution in [2.45, 2.75) is 28.6 Å². The van der Waals surface area contributed by atoms with Crippen LogP contribution in [-0.4, -0.2) is 34.4 Å². The lowest BCUT2D eigenvalue weighted by atomic mass is 10.3. The van der Waals surface area contributed by atoms with Crippen LogP contribution in [0.25, 0.3) is 5.95 Å². The normalized spacial score (nSPS) is 14.3. The van der Waals surface area contributed by atoms with E-state index in [1.165, 1.54) is 16.4 Å². The Hall–Kier alpha value is -2.39. The standard InChI is InChI=1S/C17H17N5O2S2/c1-25-14-5-2-3-6-15(14)26(23,24)21-16-11-13(12-7-8-12)20-22(16)17-18-9-4-10-19-17/h2-6,9-12,21H,7-8H2,1H3. The highest BCUT2D eigenvalue weighted by Crippen LogP contribution is 2.40. The summed E-state index contributed by atoms with van der Waals surface area (Å²) in [5.41, 5.74) is 0.855. The van der Waals surface area contributed by atoms with Gasteiger partial charge in [0.25, 0.3) is 16.0 Å². The monoisotopic (exact) mass is 387 g/mol. The first-order valence-electron chi connectivity index (χ1n) is 8.11. The smallest absolute Gasteiger partial charge is 0.263 e. The van der Waals surface area contributed by atoms with Crippen LogP contribution in [0.1, 0.15) is 24.5 Å². The van der Waals surface area contributed by atoms with Crippen molar-refractivity contribution in [3.63, 3.8) is 0 Å². The van der Waals surface area contributed by atoms with Gasteiger partial charge in [0.05, 0.1) is 5.69 Å². The molecule has 1 aliphatic rings. The topological polar surface area (TPSA) is 89.8 Å². The van der Waals surface area contributed by atoms with E-state index in [1.807, 2.05) is 12.3 Å². The van der Waals surface area contributed by atoms with Gasteiger partial charge in [0.2, 0.25) is 0 Å². The maximum atomic E-state index is 13.0. The molecule has 2 aromatic heterocycles. The third-order valence-corrected chi connectivity index (χ3v) is 6.40. The Balaban J connectivity index is 1.76. The van der Waals surface area contributed by atoms with Crippen molar-refractivity contribution in [3.05, 3.63) is 54.5 Å². The van der Waals surface area contributed by atoms with E-state index in [-0.39, 0.29) is 4.90 Å². The van der Waals surface area contributed by atoms with Gasteiger partial charge >= 0.3 is 0 Å². The van der Waals surface area contributed by atoms with Gasteiger partial charge in [-0.1, -0.05) is 12.1 Å². The second kappa shape index (κ2) is 6.73. The van der Waals surface area contributed by atoms with Gasteiger partial charge in [-0.15, -0.1) is 11.8 Å². The molecule has 134 valence electrons. The molecule has 1 N–H and O–H groups in total. The molecule has 1 saturated carbocycles. The van der Waals surface area contributed by atoms with Crippen LogP contribution in [0.5, 0.6) is 0 Å². The summed E-state index contributed by atoms with van der Waals surface area (Å²) in [5, 5.41) is 4.52. The number of rotatable bonds is 6. The molecule has 1 aromatic carbocycles. The molecule has 2 heterocycles. The number of thioether (sulfide) groups is 1. The summed E-state index contributed by atoms with van der Waals surface area (Å²) < 4.78 is 30.0. The van der Waals surface area contributed by atoms with Crippen molar-refractivity contribution in [3.8, 4) is 5.95 Å².